The maximum atomic E-state index is 12.7. The fraction of sp³-hybridized carbons (Fsp3) is 0.333. The van der Waals surface area contributed by atoms with E-state index in [1.54, 1.807) is 4.90 Å². The molecule has 1 aliphatic rings. The molecule has 1 aliphatic heterocycles. The summed E-state index contributed by atoms with van der Waals surface area (Å²) in [6.45, 7) is 2.61. The fourth-order valence-corrected chi connectivity index (χ4v) is 3.86. The SMILES string of the molecule is Cc1cc(NC(=O)C2CCCCN2C(=O)c2cccs2)ccc1Br. The highest BCUT2D eigenvalue weighted by Crippen LogP contribution is 2.24. The molecular weight excluding hydrogens is 388 g/mol. The predicted octanol–water partition coefficient (Wildman–Crippen LogP) is 4.45. The van der Waals surface area contributed by atoms with Gasteiger partial charge in [0.2, 0.25) is 5.91 Å². The normalized spacial score (nSPS) is 17.6. The van der Waals surface area contributed by atoms with E-state index in [9.17, 15) is 9.59 Å². The van der Waals surface area contributed by atoms with Crippen molar-refractivity contribution in [3.8, 4) is 0 Å². The lowest BCUT2D eigenvalue weighted by molar-refractivity contribution is -0.121. The molecule has 1 unspecified atom stereocenters. The lowest BCUT2D eigenvalue weighted by atomic mass is 10.0. The zero-order chi connectivity index (χ0) is 17.1. The first kappa shape index (κ1) is 17.2. The van der Waals surface area contributed by atoms with Gasteiger partial charge in [-0.3, -0.25) is 9.59 Å². The molecule has 1 atom stereocenters. The third-order valence-electron chi connectivity index (χ3n) is 4.22. The van der Waals surface area contributed by atoms with E-state index in [4.69, 9.17) is 0 Å². The molecule has 126 valence electrons. The van der Waals surface area contributed by atoms with Crippen LogP contribution in [0.15, 0.2) is 40.2 Å². The van der Waals surface area contributed by atoms with E-state index in [1.807, 2.05) is 42.6 Å². The Morgan fingerprint density at radius 3 is 2.83 bits per heavy atom. The molecule has 0 radical (unpaired) electrons. The monoisotopic (exact) mass is 406 g/mol. The average Bonchev–Trinajstić information content (AvgIpc) is 3.12. The quantitative estimate of drug-likeness (QED) is 0.817. The zero-order valence-electron chi connectivity index (χ0n) is 13.4. The number of aryl methyl sites for hydroxylation is 1. The molecule has 0 aliphatic carbocycles. The summed E-state index contributed by atoms with van der Waals surface area (Å²) in [5.74, 6) is -0.154. The summed E-state index contributed by atoms with van der Waals surface area (Å²) in [5.41, 5.74) is 1.82. The number of piperidine rings is 1. The van der Waals surface area contributed by atoms with Gasteiger partial charge in [-0.15, -0.1) is 11.3 Å². The summed E-state index contributed by atoms with van der Waals surface area (Å²) < 4.78 is 1.01. The number of carbonyl (C=O) groups is 2. The number of halogens is 1. The van der Waals surface area contributed by atoms with Gasteiger partial charge in [0, 0.05) is 16.7 Å². The second-order valence-corrected chi connectivity index (χ2v) is 7.74. The summed E-state index contributed by atoms with van der Waals surface area (Å²) in [7, 11) is 0. The van der Waals surface area contributed by atoms with Crippen molar-refractivity contribution in [1.82, 2.24) is 4.90 Å². The van der Waals surface area contributed by atoms with Gasteiger partial charge >= 0.3 is 0 Å². The summed E-state index contributed by atoms with van der Waals surface area (Å²) in [5, 5.41) is 4.85. The maximum absolute atomic E-state index is 12.7. The van der Waals surface area contributed by atoms with E-state index in [1.165, 1.54) is 11.3 Å². The van der Waals surface area contributed by atoms with Crippen molar-refractivity contribution in [3.63, 3.8) is 0 Å². The smallest absolute Gasteiger partial charge is 0.264 e. The highest BCUT2D eigenvalue weighted by Gasteiger charge is 2.33. The van der Waals surface area contributed by atoms with Gasteiger partial charge in [-0.05, 0) is 61.4 Å². The molecule has 2 heterocycles. The zero-order valence-corrected chi connectivity index (χ0v) is 15.8. The Hall–Kier alpha value is -1.66. The summed E-state index contributed by atoms with van der Waals surface area (Å²) in [6, 6.07) is 8.98. The molecular formula is C18H19BrN2O2S. The Bertz CT molecular complexity index is 745. The molecule has 0 bridgehead atoms. The molecule has 1 aromatic heterocycles. The number of thiophene rings is 1. The molecule has 6 heteroatoms. The molecule has 0 spiro atoms. The van der Waals surface area contributed by atoms with Crippen LogP contribution in [0.1, 0.15) is 34.5 Å². The van der Waals surface area contributed by atoms with Crippen LogP contribution in [-0.2, 0) is 4.79 Å². The molecule has 2 aromatic rings. The first-order valence-corrected chi connectivity index (χ1v) is 9.65. The number of anilines is 1. The highest BCUT2D eigenvalue weighted by molar-refractivity contribution is 9.10. The maximum Gasteiger partial charge on any atom is 0.264 e. The summed E-state index contributed by atoms with van der Waals surface area (Å²) in [6.07, 6.45) is 2.61. The molecule has 3 rings (SSSR count). The van der Waals surface area contributed by atoms with E-state index in [2.05, 4.69) is 21.2 Å². The van der Waals surface area contributed by atoms with E-state index in [-0.39, 0.29) is 11.8 Å². The van der Waals surface area contributed by atoms with E-state index >= 15 is 0 Å². The number of hydrogen-bond donors (Lipinski definition) is 1. The van der Waals surface area contributed by atoms with E-state index in [0.717, 1.165) is 28.6 Å². The Labute approximate surface area is 154 Å². The van der Waals surface area contributed by atoms with Gasteiger partial charge in [-0.2, -0.15) is 0 Å². The lowest BCUT2D eigenvalue weighted by Crippen LogP contribution is -2.49. The summed E-state index contributed by atoms with van der Waals surface area (Å²) >= 11 is 4.88. The van der Waals surface area contributed by atoms with Crippen molar-refractivity contribution in [2.75, 3.05) is 11.9 Å². The number of carbonyl (C=O) groups excluding carboxylic acids is 2. The van der Waals surface area contributed by atoms with Crippen LogP contribution >= 0.6 is 27.3 Å². The largest absolute Gasteiger partial charge is 0.326 e. The third kappa shape index (κ3) is 3.70. The van der Waals surface area contributed by atoms with Gasteiger partial charge in [0.25, 0.3) is 5.91 Å². The van der Waals surface area contributed by atoms with Crippen LogP contribution in [0, 0.1) is 6.92 Å². The van der Waals surface area contributed by atoms with Crippen LogP contribution in [0.25, 0.3) is 0 Å². The molecule has 1 fully saturated rings. The fourth-order valence-electron chi connectivity index (χ4n) is 2.94. The number of likely N-dealkylation sites (tertiary alicyclic amines) is 1. The summed E-state index contributed by atoms with van der Waals surface area (Å²) in [4.78, 5) is 27.8. The first-order valence-electron chi connectivity index (χ1n) is 7.98. The Morgan fingerprint density at radius 1 is 1.29 bits per heavy atom. The molecule has 24 heavy (non-hydrogen) atoms. The second-order valence-electron chi connectivity index (χ2n) is 5.94. The number of hydrogen-bond acceptors (Lipinski definition) is 3. The van der Waals surface area contributed by atoms with Gasteiger partial charge < -0.3 is 10.2 Å². The minimum atomic E-state index is -0.405. The Balaban J connectivity index is 1.75. The Kier molecular flexibility index (Phi) is 5.36. The van der Waals surface area contributed by atoms with Crippen LogP contribution in [-0.4, -0.2) is 29.3 Å². The minimum Gasteiger partial charge on any atom is -0.326 e. The van der Waals surface area contributed by atoms with Crippen LogP contribution in [0.4, 0.5) is 5.69 Å². The second kappa shape index (κ2) is 7.49. The van der Waals surface area contributed by atoms with Crippen LogP contribution in [0.5, 0.6) is 0 Å². The van der Waals surface area contributed by atoms with Gasteiger partial charge in [-0.1, -0.05) is 22.0 Å². The lowest BCUT2D eigenvalue weighted by Gasteiger charge is -2.34. The van der Waals surface area contributed by atoms with Gasteiger partial charge in [0.15, 0.2) is 0 Å². The number of nitrogens with one attached hydrogen (secondary N) is 1. The first-order chi connectivity index (χ1) is 11.6. The standard InChI is InChI=1S/C18H19BrN2O2S/c1-12-11-13(7-8-14(12)19)20-17(22)15-5-2-3-9-21(15)18(23)16-6-4-10-24-16/h4,6-8,10-11,15H,2-3,5,9H2,1H3,(H,20,22). The number of rotatable bonds is 3. The van der Waals surface area contributed by atoms with Crippen LogP contribution in [0.2, 0.25) is 0 Å². The van der Waals surface area contributed by atoms with E-state index < -0.39 is 6.04 Å². The van der Waals surface area contributed by atoms with Crippen molar-refractivity contribution in [3.05, 3.63) is 50.6 Å². The average molecular weight is 407 g/mol. The molecule has 4 nitrogen and oxygen atoms in total. The van der Waals surface area contributed by atoms with Crippen molar-refractivity contribution in [1.29, 1.82) is 0 Å². The predicted molar refractivity (Wildman–Crippen MR) is 101 cm³/mol. The third-order valence-corrected chi connectivity index (χ3v) is 5.97. The molecule has 0 saturated carbocycles. The van der Waals surface area contributed by atoms with Crippen molar-refractivity contribution < 1.29 is 9.59 Å². The van der Waals surface area contributed by atoms with E-state index in [0.29, 0.717) is 17.8 Å². The van der Waals surface area contributed by atoms with Crippen molar-refractivity contribution in [2.45, 2.75) is 32.2 Å². The molecule has 2 amide bonds. The van der Waals surface area contributed by atoms with Crippen LogP contribution in [0.3, 0.4) is 0 Å². The van der Waals surface area contributed by atoms with Gasteiger partial charge in [0.05, 0.1) is 4.88 Å². The van der Waals surface area contributed by atoms with Gasteiger partial charge in [0.1, 0.15) is 6.04 Å². The minimum absolute atomic E-state index is 0.0446. The molecule has 1 N–H and O–H groups in total. The van der Waals surface area contributed by atoms with Gasteiger partial charge in [-0.25, -0.2) is 0 Å². The number of benzene rings is 1. The van der Waals surface area contributed by atoms with Crippen LogP contribution < -0.4 is 5.32 Å². The molecule has 1 saturated heterocycles. The highest BCUT2D eigenvalue weighted by atomic mass is 79.9. The van der Waals surface area contributed by atoms with Crippen molar-refractivity contribution in [2.24, 2.45) is 0 Å². The topological polar surface area (TPSA) is 49.4 Å². The number of amides is 2. The Morgan fingerprint density at radius 2 is 2.12 bits per heavy atom. The van der Waals surface area contributed by atoms with Crippen molar-refractivity contribution >= 4 is 44.8 Å². The molecule has 1 aromatic carbocycles. The number of nitrogens with zero attached hydrogens (tertiary/aromatic N) is 1.